The van der Waals surface area contributed by atoms with Crippen molar-refractivity contribution in [3.63, 3.8) is 0 Å². The van der Waals surface area contributed by atoms with Gasteiger partial charge in [-0.05, 0) is 18.2 Å². The predicted molar refractivity (Wildman–Crippen MR) is 63.8 cm³/mol. The molecule has 0 spiro atoms. The highest BCUT2D eigenvalue weighted by atomic mass is 16.2. The van der Waals surface area contributed by atoms with E-state index >= 15 is 0 Å². The van der Waals surface area contributed by atoms with Gasteiger partial charge in [-0.2, -0.15) is 5.10 Å². The van der Waals surface area contributed by atoms with Gasteiger partial charge in [-0.3, -0.25) is 4.79 Å². The van der Waals surface area contributed by atoms with E-state index in [2.05, 4.69) is 20.5 Å². The van der Waals surface area contributed by atoms with Gasteiger partial charge in [0, 0.05) is 23.3 Å². The van der Waals surface area contributed by atoms with Crippen molar-refractivity contribution in [3.05, 3.63) is 35.7 Å². The molecule has 0 saturated carbocycles. The third-order valence-corrected chi connectivity index (χ3v) is 2.58. The van der Waals surface area contributed by atoms with Crippen LogP contribution < -0.4 is 11.2 Å². The molecule has 3 heterocycles. The molecule has 0 aliphatic carbocycles. The number of H-pyrrole nitrogens is 1. The molecule has 6 heteroatoms. The highest BCUT2D eigenvalue weighted by Crippen LogP contribution is 2.19. The van der Waals surface area contributed by atoms with E-state index in [-0.39, 0.29) is 11.7 Å². The van der Waals surface area contributed by atoms with Crippen LogP contribution in [0.2, 0.25) is 0 Å². The summed E-state index contributed by atoms with van der Waals surface area (Å²) in [7, 11) is 0. The molecule has 0 unspecified atom stereocenters. The Morgan fingerprint density at radius 3 is 3.06 bits per heavy atom. The van der Waals surface area contributed by atoms with E-state index in [1.807, 2.05) is 12.1 Å². The van der Waals surface area contributed by atoms with Crippen LogP contribution in [-0.4, -0.2) is 21.7 Å². The van der Waals surface area contributed by atoms with Crippen LogP contribution in [0.1, 0.15) is 5.56 Å². The van der Waals surface area contributed by atoms with Crippen LogP contribution in [0.25, 0.3) is 17.1 Å². The van der Waals surface area contributed by atoms with E-state index in [0.717, 1.165) is 16.6 Å². The average molecular weight is 227 g/mol. The molecule has 1 amide bonds. The van der Waals surface area contributed by atoms with Crippen LogP contribution in [0.4, 0.5) is 0 Å². The van der Waals surface area contributed by atoms with Gasteiger partial charge < -0.3 is 10.7 Å². The first kappa shape index (κ1) is 9.59. The Hall–Kier alpha value is -2.63. The highest BCUT2D eigenvalue weighted by Gasteiger charge is 2.20. The maximum Gasteiger partial charge on any atom is 0.275 e. The molecular formula is C11H9N5O. The fraction of sp³-hybridized carbons (Fsp3) is 0. The van der Waals surface area contributed by atoms with Crippen molar-refractivity contribution >= 4 is 28.9 Å². The first-order chi connectivity index (χ1) is 8.25. The second-order valence-electron chi connectivity index (χ2n) is 3.64. The Kier molecular flexibility index (Phi) is 1.94. The number of hydrazone groups is 1. The van der Waals surface area contributed by atoms with Gasteiger partial charge in [-0.25, -0.2) is 10.4 Å². The second kappa shape index (κ2) is 3.44. The first-order valence-corrected chi connectivity index (χ1v) is 5.03. The molecule has 0 saturated heterocycles. The topological polar surface area (TPSA) is 96.2 Å². The van der Waals surface area contributed by atoms with E-state index < -0.39 is 0 Å². The summed E-state index contributed by atoms with van der Waals surface area (Å²) >= 11 is 0. The summed E-state index contributed by atoms with van der Waals surface area (Å²) < 4.78 is 0. The summed E-state index contributed by atoms with van der Waals surface area (Å²) in [5.41, 5.74) is 9.91. The van der Waals surface area contributed by atoms with Gasteiger partial charge in [-0.1, -0.05) is 0 Å². The number of aromatic amines is 1. The second-order valence-corrected chi connectivity index (χ2v) is 3.64. The van der Waals surface area contributed by atoms with Gasteiger partial charge in [0.25, 0.3) is 5.91 Å². The molecular weight excluding hydrogens is 218 g/mol. The molecule has 2 aromatic rings. The molecule has 17 heavy (non-hydrogen) atoms. The lowest BCUT2D eigenvalue weighted by atomic mass is 10.1. The summed E-state index contributed by atoms with van der Waals surface area (Å²) in [4.78, 5) is 18.6. The number of amidine groups is 1. The number of hydrogen-bond donors (Lipinski definition) is 3. The minimum absolute atomic E-state index is 0.202. The maximum absolute atomic E-state index is 11.4. The Morgan fingerprint density at radius 1 is 1.41 bits per heavy atom. The fourth-order valence-electron chi connectivity index (χ4n) is 1.74. The van der Waals surface area contributed by atoms with Crippen molar-refractivity contribution in [2.45, 2.75) is 0 Å². The Balaban J connectivity index is 2.14. The van der Waals surface area contributed by atoms with Crippen LogP contribution >= 0.6 is 0 Å². The fourth-order valence-corrected chi connectivity index (χ4v) is 1.74. The molecule has 1 aliphatic heterocycles. The van der Waals surface area contributed by atoms with Crippen LogP contribution in [0.5, 0.6) is 0 Å². The first-order valence-electron chi connectivity index (χ1n) is 5.03. The van der Waals surface area contributed by atoms with E-state index in [1.54, 1.807) is 18.5 Å². The quantitative estimate of drug-likeness (QED) is 0.613. The zero-order chi connectivity index (χ0) is 11.8. The van der Waals surface area contributed by atoms with E-state index in [4.69, 9.17) is 5.73 Å². The number of nitrogens with zero attached hydrogens (tertiary/aromatic N) is 2. The molecule has 0 bridgehead atoms. The molecule has 0 radical (unpaired) electrons. The lowest BCUT2D eigenvalue weighted by molar-refractivity contribution is -0.116. The summed E-state index contributed by atoms with van der Waals surface area (Å²) in [6.45, 7) is 0. The van der Waals surface area contributed by atoms with E-state index in [0.29, 0.717) is 5.57 Å². The molecule has 0 fully saturated rings. The summed E-state index contributed by atoms with van der Waals surface area (Å²) in [5, 5.41) is 4.60. The van der Waals surface area contributed by atoms with Crippen molar-refractivity contribution in [3.8, 4) is 0 Å². The number of nitrogens with one attached hydrogen (secondary N) is 2. The largest absolute Gasteiger partial charge is 0.382 e. The van der Waals surface area contributed by atoms with Crippen molar-refractivity contribution in [1.29, 1.82) is 0 Å². The molecule has 2 aromatic heterocycles. The van der Waals surface area contributed by atoms with Gasteiger partial charge in [0.1, 0.15) is 5.65 Å². The number of pyridine rings is 1. The van der Waals surface area contributed by atoms with Crippen molar-refractivity contribution in [2.75, 3.05) is 0 Å². The zero-order valence-corrected chi connectivity index (χ0v) is 8.77. The molecule has 84 valence electrons. The molecule has 6 nitrogen and oxygen atoms in total. The molecule has 3 rings (SSSR count). The molecule has 0 aromatic carbocycles. The number of rotatable bonds is 1. The van der Waals surface area contributed by atoms with Crippen LogP contribution in [0.3, 0.4) is 0 Å². The van der Waals surface area contributed by atoms with E-state index in [1.165, 1.54) is 0 Å². The number of amides is 1. The van der Waals surface area contributed by atoms with Crippen LogP contribution in [0.15, 0.2) is 35.2 Å². The monoisotopic (exact) mass is 227 g/mol. The highest BCUT2D eigenvalue weighted by molar-refractivity contribution is 6.26. The molecule has 4 N–H and O–H groups in total. The normalized spacial score (nSPS) is 17.5. The van der Waals surface area contributed by atoms with Gasteiger partial charge in [-0.15, -0.1) is 0 Å². The maximum atomic E-state index is 11.4. The molecule has 1 aliphatic rings. The Bertz CT molecular complexity index is 667. The number of hydrogen-bond acceptors (Lipinski definition) is 4. The smallest absolute Gasteiger partial charge is 0.275 e. The van der Waals surface area contributed by atoms with Gasteiger partial charge in [0.2, 0.25) is 0 Å². The van der Waals surface area contributed by atoms with Crippen molar-refractivity contribution in [1.82, 2.24) is 15.4 Å². The van der Waals surface area contributed by atoms with Gasteiger partial charge >= 0.3 is 0 Å². The summed E-state index contributed by atoms with van der Waals surface area (Å²) in [5.74, 6) is -0.0889. The third kappa shape index (κ3) is 1.46. The SMILES string of the molecule is NC1=NNC(=O)C1=Cc1c[nH]c2ncccc12. The van der Waals surface area contributed by atoms with Crippen LogP contribution in [-0.2, 0) is 4.79 Å². The average Bonchev–Trinajstić information content (AvgIpc) is 2.88. The Morgan fingerprint density at radius 2 is 2.29 bits per heavy atom. The van der Waals surface area contributed by atoms with Gasteiger partial charge in [0.15, 0.2) is 5.84 Å². The van der Waals surface area contributed by atoms with Crippen LogP contribution in [0, 0.1) is 0 Å². The minimum Gasteiger partial charge on any atom is -0.382 e. The van der Waals surface area contributed by atoms with Gasteiger partial charge in [0.05, 0.1) is 5.57 Å². The number of nitrogens with two attached hydrogens (primary N) is 1. The number of carbonyl (C=O) groups excluding carboxylic acids is 1. The van der Waals surface area contributed by atoms with Crippen molar-refractivity contribution in [2.24, 2.45) is 10.8 Å². The third-order valence-electron chi connectivity index (χ3n) is 2.58. The number of fused-ring (bicyclic) bond motifs is 1. The lowest BCUT2D eigenvalue weighted by Gasteiger charge is -1.94. The predicted octanol–water partition coefficient (Wildman–Crippen LogP) is 0.348. The summed E-state index contributed by atoms with van der Waals surface area (Å²) in [6, 6.07) is 3.76. The van der Waals surface area contributed by atoms with Crippen molar-refractivity contribution < 1.29 is 4.79 Å². The number of carbonyl (C=O) groups is 1. The summed E-state index contributed by atoms with van der Waals surface area (Å²) in [6.07, 6.45) is 5.18. The number of aromatic nitrogens is 2. The minimum atomic E-state index is -0.291. The molecule has 0 atom stereocenters. The Labute approximate surface area is 96.2 Å². The standard InChI is InChI=1S/C11H9N5O/c12-9-8(11(17)16-15-9)4-6-5-14-10-7(6)2-1-3-13-10/h1-5H,(H2,12,15)(H,13,14)(H,16,17). The zero-order valence-electron chi connectivity index (χ0n) is 8.77. The lowest BCUT2D eigenvalue weighted by Crippen LogP contribution is -2.16. The van der Waals surface area contributed by atoms with E-state index in [9.17, 15) is 4.79 Å².